The van der Waals surface area contributed by atoms with E-state index in [0.717, 1.165) is 39.8 Å². The van der Waals surface area contributed by atoms with E-state index < -0.39 is 28.6 Å². The molecule has 0 aliphatic heterocycles. The number of nitrogens with one attached hydrogen (secondary N) is 1. The van der Waals surface area contributed by atoms with E-state index in [9.17, 15) is 13.2 Å². The van der Waals surface area contributed by atoms with Gasteiger partial charge in [0.25, 0.3) is 0 Å². The van der Waals surface area contributed by atoms with Crippen LogP contribution in [-0.4, -0.2) is 26.1 Å². The third-order valence-corrected chi connectivity index (χ3v) is 7.47. The normalized spacial score (nSPS) is 15.6. The minimum Gasteiger partial charge on any atom is -0.482 e. The van der Waals surface area contributed by atoms with Crippen LogP contribution >= 0.6 is 0 Å². The zero-order valence-corrected chi connectivity index (χ0v) is 19.5. The summed E-state index contributed by atoms with van der Waals surface area (Å²) in [5.74, 6) is -0.554. The highest BCUT2D eigenvalue weighted by molar-refractivity contribution is 7.89. The molecular formula is C26H27NO5S. The number of rotatable bonds is 7. The third-order valence-electron chi connectivity index (χ3n) is 5.98. The number of carbonyl (C=O) groups is 1. The predicted molar refractivity (Wildman–Crippen MR) is 127 cm³/mol. The summed E-state index contributed by atoms with van der Waals surface area (Å²) in [7, 11) is -3.74. The monoisotopic (exact) mass is 465 g/mol. The highest BCUT2D eigenvalue weighted by Crippen LogP contribution is 2.36. The Morgan fingerprint density at radius 2 is 1.85 bits per heavy atom. The van der Waals surface area contributed by atoms with Gasteiger partial charge in [0.1, 0.15) is 5.75 Å². The second kappa shape index (κ2) is 9.37. The van der Waals surface area contributed by atoms with Crippen LogP contribution in [-0.2, 0) is 21.2 Å². The van der Waals surface area contributed by atoms with E-state index in [0.29, 0.717) is 18.6 Å². The summed E-state index contributed by atoms with van der Waals surface area (Å²) in [6.45, 7) is 3.64. The molecule has 0 radical (unpaired) electrons. The van der Waals surface area contributed by atoms with Gasteiger partial charge in [0, 0.05) is 6.04 Å². The van der Waals surface area contributed by atoms with Crippen LogP contribution < -0.4 is 9.46 Å². The van der Waals surface area contributed by atoms with Gasteiger partial charge in [-0.2, -0.15) is 0 Å². The zero-order valence-electron chi connectivity index (χ0n) is 18.7. The standard InChI is InChI=1S/C26H27NO5S/c1-17-9-10-18(2)23(15-17)19-11-13-20(14-12-19)33(30,31)27-24-7-3-6-22-21(24)5-4-8-25(22)32-16-26(28)29/h4-5,8-15,24,27H,3,6-7,16H2,1-2H3,(H,28,29)/t24-/m1/s1. The molecule has 1 atom stereocenters. The van der Waals surface area contributed by atoms with Crippen molar-refractivity contribution in [1.29, 1.82) is 0 Å². The molecule has 2 N–H and O–H groups in total. The van der Waals surface area contributed by atoms with Gasteiger partial charge in [0.15, 0.2) is 6.61 Å². The fourth-order valence-corrected chi connectivity index (χ4v) is 5.58. The Morgan fingerprint density at radius 1 is 1.09 bits per heavy atom. The summed E-state index contributed by atoms with van der Waals surface area (Å²) >= 11 is 0. The van der Waals surface area contributed by atoms with Crippen LogP contribution in [0, 0.1) is 13.8 Å². The van der Waals surface area contributed by atoms with Gasteiger partial charge in [-0.15, -0.1) is 0 Å². The summed E-state index contributed by atoms with van der Waals surface area (Å²) in [5.41, 5.74) is 6.04. The average Bonchev–Trinajstić information content (AvgIpc) is 2.79. The van der Waals surface area contributed by atoms with Gasteiger partial charge in [-0.3, -0.25) is 0 Å². The molecule has 0 fully saturated rings. The van der Waals surface area contributed by atoms with Crippen molar-refractivity contribution < 1.29 is 23.1 Å². The van der Waals surface area contributed by atoms with E-state index in [4.69, 9.17) is 9.84 Å². The van der Waals surface area contributed by atoms with Crippen molar-refractivity contribution in [3.05, 3.63) is 82.9 Å². The summed E-state index contributed by atoms with van der Waals surface area (Å²) in [6.07, 6.45) is 2.16. The van der Waals surface area contributed by atoms with E-state index in [1.165, 1.54) is 0 Å². The topological polar surface area (TPSA) is 92.7 Å². The minimum absolute atomic E-state index is 0.210. The fraction of sp³-hybridized carbons (Fsp3) is 0.269. The predicted octanol–water partition coefficient (Wildman–Crippen LogP) is 4.79. The zero-order chi connectivity index (χ0) is 23.6. The molecule has 7 heteroatoms. The van der Waals surface area contributed by atoms with E-state index >= 15 is 0 Å². The van der Waals surface area contributed by atoms with Crippen LogP contribution in [0.5, 0.6) is 5.75 Å². The molecule has 4 rings (SSSR count). The number of aliphatic carboxylic acids is 1. The van der Waals surface area contributed by atoms with Gasteiger partial charge in [-0.1, -0.05) is 48.0 Å². The molecule has 0 aromatic heterocycles. The second-order valence-electron chi connectivity index (χ2n) is 8.42. The molecule has 0 saturated heterocycles. The van der Waals surface area contributed by atoms with Gasteiger partial charge in [0.05, 0.1) is 4.90 Å². The highest BCUT2D eigenvalue weighted by atomic mass is 32.2. The summed E-state index contributed by atoms with van der Waals surface area (Å²) in [6, 6.07) is 18.1. The molecule has 0 bridgehead atoms. The molecule has 0 saturated carbocycles. The molecule has 1 aliphatic rings. The Labute approximate surface area is 194 Å². The number of hydrogen-bond acceptors (Lipinski definition) is 4. The van der Waals surface area contributed by atoms with Crippen LogP contribution in [0.25, 0.3) is 11.1 Å². The van der Waals surface area contributed by atoms with Gasteiger partial charge in [-0.25, -0.2) is 17.9 Å². The SMILES string of the molecule is Cc1ccc(C)c(-c2ccc(S(=O)(=O)N[C@@H]3CCCc4c(OCC(=O)O)cccc43)cc2)c1. The van der Waals surface area contributed by atoms with Crippen LogP contribution in [0.1, 0.15) is 41.1 Å². The Bertz CT molecular complexity index is 1280. The van der Waals surface area contributed by atoms with E-state index in [1.54, 1.807) is 24.3 Å². The summed E-state index contributed by atoms with van der Waals surface area (Å²) < 4.78 is 34.6. The number of hydrogen-bond donors (Lipinski definition) is 2. The molecule has 6 nitrogen and oxygen atoms in total. The molecule has 3 aromatic carbocycles. The summed E-state index contributed by atoms with van der Waals surface area (Å²) in [5, 5.41) is 8.91. The lowest BCUT2D eigenvalue weighted by atomic mass is 9.87. The van der Waals surface area contributed by atoms with E-state index in [1.807, 2.05) is 32.0 Å². The minimum atomic E-state index is -3.74. The number of sulfonamides is 1. The lowest BCUT2D eigenvalue weighted by molar-refractivity contribution is -0.139. The Kier molecular flexibility index (Phi) is 6.54. The first-order valence-electron chi connectivity index (χ1n) is 10.9. The van der Waals surface area contributed by atoms with Gasteiger partial charge >= 0.3 is 5.97 Å². The van der Waals surface area contributed by atoms with Crippen molar-refractivity contribution >= 4 is 16.0 Å². The maximum atomic E-state index is 13.2. The molecule has 172 valence electrons. The van der Waals surface area contributed by atoms with E-state index in [-0.39, 0.29) is 4.90 Å². The largest absolute Gasteiger partial charge is 0.482 e. The molecule has 0 heterocycles. The first-order valence-corrected chi connectivity index (χ1v) is 12.4. The number of aryl methyl sites for hydroxylation is 2. The molecule has 3 aromatic rings. The van der Waals surface area contributed by atoms with Crippen molar-refractivity contribution in [2.24, 2.45) is 0 Å². The van der Waals surface area contributed by atoms with Gasteiger partial charge < -0.3 is 9.84 Å². The number of benzene rings is 3. The van der Waals surface area contributed by atoms with Crippen molar-refractivity contribution in [2.75, 3.05) is 6.61 Å². The maximum Gasteiger partial charge on any atom is 0.341 e. The summed E-state index contributed by atoms with van der Waals surface area (Å²) in [4.78, 5) is 11.1. The van der Waals surface area contributed by atoms with Crippen molar-refractivity contribution in [2.45, 2.75) is 44.0 Å². The van der Waals surface area contributed by atoms with Crippen molar-refractivity contribution in [3.8, 4) is 16.9 Å². The van der Waals surface area contributed by atoms with Gasteiger partial charge in [-0.05, 0) is 79.1 Å². The maximum absolute atomic E-state index is 13.2. The number of ether oxygens (including phenoxy) is 1. The first-order chi connectivity index (χ1) is 15.7. The van der Waals surface area contributed by atoms with Crippen LogP contribution in [0.15, 0.2) is 65.6 Å². The second-order valence-corrected chi connectivity index (χ2v) is 10.1. The van der Waals surface area contributed by atoms with E-state index in [2.05, 4.69) is 22.9 Å². The van der Waals surface area contributed by atoms with Crippen LogP contribution in [0.2, 0.25) is 0 Å². The Morgan fingerprint density at radius 3 is 2.58 bits per heavy atom. The molecule has 0 unspecified atom stereocenters. The molecule has 0 spiro atoms. The highest BCUT2D eigenvalue weighted by Gasteiger charge is 2.27. The van der Waals surface area contributed by atoms with Crippen molar-refractivity contribution in [3.63, 3.8) is 0 Å². The third kappa shape index (κ3) is 5.10. The molecule has 0 amide bonds. The Balaban J connectivity index is 1.57. The number of carboxylic acids is 1. The van der Waals surface area contributed by atoms with Crippen LogP contribution in [0.4, 0.5) is 0 Å². The lowest BCUT2D eigenvalue weighted by Crippen LogP contribution is -2.31. The molecular weight excluding hydrogens is 438 g/mol. The number of fused-ring (bicyclic) bond motifs is 1. The Hall–Kier alpha value is -3.16. The number of carboxylic acid groups (broad SMARTS) is 1. The molecule has 33 heavy (non-hydrogen) atoms. The van der Waals surface area contributed by atoms with Crippen LogP contribution in [0.3, 0.4) is 0 Å². The fourth-order valence-electron chi connectivity index (χ4n) is 4.33. The van der Waals surface area contributed by atoms with Gasteiger partial charge in [0.2, 0.25) is 10.0 Å². The first kappa shape index (κ1) is 23.0. The van der Waals surface area contributed by atoms with Crippen molar-refractivity contribution in [1.82, 2.24) is 4.72 Å². The smallest absolute Gasteiger partial charge is 0.341 e. The lowest BCUT2D eigenvalue weighted by Gasteiger charge is -2.27. The quantitative estimate of drug-likeness (QED) is 0.523. The molecule has 1 aliphatic carbocycles. The average molecular weight is 466 g/mol.